The average Bonchev–Trinajstić information content (AvgIpc) is 3.16. The van der Waals surface area contributed by atoms with Crippen molar-refractivity contribution in [3.8, 4) is 0 Å². The summed E-state index contributed by atoms with van der Waals surface area (Å²) in [6.45, 7) is 4.54. The molecule has 0 aromatic heterocycles. The number of carbonyl (C=O) groups excluding carboxylic acids is 1. The first-order valence-electron chi connectivity index (χ1n) is 9.96. The molecule has 2 fully saturated rings. The lowest BCUT2D eigenvalue weighted by Crippen LogP contribution is -2.58. The molecule has 3 rings (SSSR count). The Kier molecular flexibility index (Phi) is 6.33. The summed E-state index contributed by atoms with van der Waals surface area (Å²) >= 11 is 0. The fourth-order valence-electron chi connectivity index (χ4n) is 4.47. The Bertz CT molecular complexity index is 578. The first kappa shape index (κ1) is 19.3. The van der Waals surface area contributed by atoms with Gasteiger partial charge in [0.25, 0.3) is 5.91 Å². The predicted molar refractivity (Wildman–Crippen MR) is 104 cm³/mol. The molecule has 1 aromatic rings. The van der Waals surface area contributed by atoms with Gasteiger partial charge in [-0.2, -0.15) is 0 Å². The third kappa shape index (κ3) is 4.27. The van der Waals surface area contributed by atoms with Crippen molar-refractivity contribution in [2.24, 2.45) is 0 Å². The molecule has 1 aromatic carbocycles. The summed E-state index contributed by atoms with van der Waals surface area (Å²) in [6.07, 6.45) is 6.10. The highest BCUT2D eigenvalue weighted by Gasteiger charge is 2.42. The first-order chi connectivity index (χ1) is 12.6. The van der Waals surface area contributed by atoms with Crippen LogP contribution in [0.1, 0.15) is 57.1 Å². The standard InChI is InChI=1S/C21H33N3O2/c1-17(18-8-4-3-5-9-18)24-20(10-6-7-11-20)16-23-19(25)21(26-2)12-14-22-15-13-21/h3-5,8-9,17,22,24H,6-7,10-16H2,1-2H3,(H,23,25). The van der Waals surface area contributed by atoms with Gasteiger partial charge < -0.3 is 20.7 Å². The predicted octanol–water partition coefficient (Wildman–Crippen LogP) is 2.53. The van der Waals surface area contributed by atoms with Crippen LogP contribution < -0.4 is 16.0 Å². The van der Waals surface area contributed by atoms with Crippen molar-refractivity contribution < 1.29 is 9.53 Å². The molecular weight excluding hydrogens is 326 g/mol. The minimum atomic E-state index is -0.671. The number of nitrogens with one attached hydrogen (secondary N) is 3. The zero-order valence-electron chi connectivity index (χ0n) is 16.1. The number of ether oxygens (including phenoxy) is 1. The number of hydrogen-bond donors (Lipinski definition) is 3. The van der Waals surface area contributed by atoms with Crippen LogP contribution in [0, 0.1) is 0 Å². The minimum Gasteiger partial charge on any atom is -0.368 e. The number of amides is 1. The second kappa shape index (κ2) is 8.51. The number of carbonyl (C=O) groups is 1. The second-order valence-electron chi connectivity index (χ2n) is 7.90. The maximum Gasteiger partial charge on any atom is 0.252 e. The Balaban J connectivity index is 1.63. The highest BCUT2D eigenvalue weighted by molar-refractivity contribution is 5.85. The molecule has 1 atom stereocenters. The zero-order valence-corrected chi connectivity index (χ0v) is 16.1. The molecule has 1 aliphatic heterocycles. The number of hydrogen-bond acceptors (Lipinski definition) is 4. The van der Waals surface area contributed by atoms with E-state index in [1.54, 1.807) is 7.11 Å². The smallest absolute Gasteiger partial charge is 0.252 e. The lowest BCUT2D eigenvalue weighted by atomic mass is 9.89. The van der Waals surface area contributed by atoms with Crippen LogP contribution in [0.3, 0.4) is 0 Å². The van der Waals surface area contributed by atoms with Gasteiger partial charge in [-0.05, 0) is 51.3 Å². The molecule has 1 amide bonds. The molecule has 5 nitrogen and oxygen atoms in total. The van der Waals surface area contributed by atoms with Crippen LogP contribution in [0.4, 0.5) is 0 Å². The van der Waals surface area contributed by atoms with Crippen molar-refractivity contribution in [3.05, 3.63) is 35.9 Å². The van der Waals surface area contributed by atoms with Crippen LogP contribution in [0.2, 0.25) is 0 Å². The maximum atomic E-state index is 12.9. The lowest BCUT2D eigenvalue weighted by molar-refractivity contribution is -0.147. The molecule has 0 radical (unpaired) electrons. The van der Waals surface area contributed by atoms with E-state index in [0.29, 0.717) is 6.54 Å². The Morgan fingerprint density at radius 3 is 2.42 bits per heavy atom. The number of rotatable bonds is 7. The molecule has 2 aliphatic rings. The largest absolute Gasteiger partial charge is 0.368 e. The fourth-order valence-corrected chi connectivity index (χ4v) is 4.47. The van der Waals surface area contributed by atoms with Crippen molar-refractivity contribution in [2.75, 3.05) is 26.7 Å². The summed E-state index contributed by atoms with van der Waals surface area (Å²) in [7, 11) is 1.66. The third-order valence-electron chi connectivity index (χ3n) is 6.19. The van der Waals surface area contributed by atoms with Crippen molar-refractivity contribution in [3.63, 3.8) is 0 Å². The third-order valence-corrected chi connectivity index (χ3v) is 6.19. The molecule has 0 spiro atoms. The van der Waals surface area contributed by atoms with E-state index in [1.807, 2.05) is 6.07 Å². The van der Waals surface area contributed by atoms with Gasteiger partial charge in [-0.15, -0.1) is 0 Å². The van der Waals surface area contributed by atoms with Crippen LogP contribution in [0.5, 0.6) is 0 Å². The van der Waals surface area contributed by atoms with E-state index in [-0.39, 0.29) is 17.5 Å². The first-order valence-corrected chi connectivity index (χ1v) is 9.96. The van der Waals surface area contributed by atoms with E-state index in [1.165, 1.54) is 18.4 Å². The van der Waals surface area contributed by atoms with E-state index >= 15 is 0 Å². The molecule has 1 unspecified atom stereocenters. The van der Waals surface area contributed by atoms with Crippen molar-refractivity contribution >= 4 is 5.91 Å². The van der Waals surface area contributed by atoms with Crippen molar-refractivity contribution in [1.29, 1.82) is 0 Å². The fraction of sp³-hybridized carbons (Fsp3) is 0.667. The van der Waals surface area contributed by atoms with Crippen LogP contribution in [-0.2, 0) is 9.53 Å². The van der Waals surface area contributed by atoms with Crippen LogP contribution >= 0.6 is 0 Å². The Labute approximate surface area is 157 Å². The average molecular weight is 360 g/mol. The number of benzene rings is 1. The summed E-state index contributed by atoms with van der Waals surface area (Å²) in [5, 5.41) is 10.4. The molecule has 5 heteroatoms. The molecule has 26 heavy (non-hydrogen) atoms. The number of piperidine rings is 1. The highest BCUT2D eigenvalue weighted by Crippen LogP contribution is 2.32. The van der Waals surface area contributed by atoms with Gasteiger partial charge >= 0.3 is 0 Å². The van der Waals surface area contributed by atoms with Gasteiger partial charge in [-0.1, -0.05) is 43.2 Å². The molecule has 144 valence electrons. The quantitative estimate of drug-likeness (QED) is 0.700. The molecule has 1 aliphatic carbocycles. The van der Waals surface area contributed by atoms with Crippen molar-refractivity contribution in [2.45, 2.75) is 62.6 Å². The summed E-state index contributed by atoms with van der Waals surface area (Å²) in [5.74, 6) is 0.0435. The summed E-state index contributed by atoms with van der Waals surface area (Å²) < 4.78 is 5.67. The van der Waals surface area contributed by atoms with Gasteiger partial charge in [0.05, 0.1) is 0 Å². The van der Waals surface area contributed by atoms with E-state index in [0.717, 1.165) is 38.8 Å². The van der Waals surface area contributed by atoms with E-state index < -0.39 is 5.60 Å². The topological polar surface area (TPSA) is 62.4 Å². The van der Waals surface area contributed by atoms with Crippen LogP contribution in [0.15, 0.2) is 30.3 Å². The molecule has 3 N–H and O–H groups in total. The molecule has 0 bridgehead atoms. The van der Waals surface area contributed by atoms with Gasteiger partial charge in [0.1, 0.15) is 5.60 Å². The summed E-state index contributed by atoms with van der Waals surface area (Å²) in [6, 6.07) is 10.8. The second-order valence-corrected chi connectivity index (χ2v) is 7.90. The zero-order chi connectivity index (χ0) is 18.5. The van der Waals surface area contributed by atoms with E-state index in [2.05, 4.69) is 47.1 Å². The van der Waals surface area contributed by atoms with E-state index in [4.69, 9.17) is 4.74 Å². The monoisotopic (exact) mass is 359 g/mol. The van der Waals surface area contributed by atoms with Crippen LogP contribution in [0.25, 0.3) is 0 Å². The molecule has 1 heterocycles. The summed E-state index contributed by atoms with van der Waals surface area (Å²) in [5.41, 5.74) is 0.597. The Morgan fingerprint density at radius 2 is 1.81 bits per heavy atom. The van der Waals surface area contributed by atoms with Gasteiger partial charge in [0, 0.05) is 25.2 Å². The highest BCUT2D eigenvalue weighted by atomic mass is 16.5. The Hall–Kier alpha value is -1.43. The van der Waals surface area contributed by atoms with E-state index in [9.17, 15) is 4.79 Å². The normalized spacial score (nSPS) is 22.7. The van der Waals surface area contributed by atoms with Crippen LogP contribution in [-0.4, -0.2) is 43.8 Å². The lowest BCUT2D eigenvalue weighted by Gasteiger charge is -2.38. The Morgan fingerprint density at radius 1 is 1.15 bits per heavy atom. The number of methoxy groups -OCH3 is 1. The minimum absolute atomic E-state index is 0.0211. The molecular formula is C21H33N3O2. The SMILES string of the molecule is COC1(C(=O)NCC2(NC(C)c3ccccc3)CCCC2)CCNCC1. The molecule has 1 saturated carbocycles. The molecule has 1 saturated heterocycles. The maximum absolute atomic E-state index is 12.9. The summed E-state index contributed by atoms with van der Waals surface area (Å²) in [4.78, 5) is 12.9. The van der Waals surface area contributed by atoms with Gasteiger partial charge in [-0.25, -0.2) is 0 Å². The van der Waals surface area contributed by atoms with Crippen molar-refractivity contribution in [1.82, 2.24) is 16.0 Å². The van der Waals surface area contributed by atoms with Gasteiger partial charge in [0.15, 0.2) is 0 Å². The van der Waals surface area contributed by atoms with Gasteiger partial charge in [-0.3, -0.25) is 4.79 Å². The van der Waals surface area contributed by atoms with Gasteiger partial charge in [0.2, 0.25) is 0 Å².